The molecule has 0 N–H and O–H groups in total. The van der Waals surface area contributed by atoms with E-state index in [9.17, 15) is 19.7 Å². The minimum atomic E-state index is -0.565. The van der Waals surface area contributed by atoms with Gasteiger partial charge in [0.25, 0.3) is 5.69 Å². The fourth-order valence-corrected chi connectivity index (χ4v) is 3.18. The number of hydrogen-bond donors (Lipinski definition) is 0. The Morgan fingerprint density at radius 3 is 2.35 bits per heavy atom. The van der Waals surface area contributed by atoms with E-state index in [-0.39, 0.29) is 18.9 Å². The zero-order chi connectivity index (χ0) is 18.5. The number of nitro groups is 1. The van der Waals surface area contributed by atoms with Crippen molar-refractivity contribution in [2.24, 2.45) is 0 Å². The van der Waals surface area contributed by atoms with Gasteiger partial charge in [0, 0.05) is 22.2 Å². The Hall–Kier alpha value is -3.26. The van der Waals surface area contributed by atoms with Crippen molar-refractivity contribution in [2.45, 2.75) is 0 Å². The Morgan fingerprint density at radius 1 is 0.962 bits per heavy atom. The van der Waals surface area contributed by atoms with Crippen LogP contribution in [0.1, 0.15) is 20.0 Å². The number of carbonyl (C=O) groups excluding carboxylic acids is 2. The van der Waals surface area contributed by atoms with Crippen molar-refractivity contribution in [3.63, 3.8) is 0 Å². The van der Waals surface area contributed by atoms with Crippen molar-refractivity contribution < 1.29 is 24.0 Å². The Balaban J connectivity index is 1.54. The van der Waals surface area contributed by atoms with E-state index in [0.29, 0.717) is 15.8 Å². The summed E-state index contributed by atoms with van der Waals surface area (Å²) in [5.74, 6) is -1.06. The summed E-state index contributed by atoms with van der Waals surface area (Å²) in [4.78, 5) is 34.4. The summed E-state index contributed by atoms with van der Waals surface area (Å²) in [5, 5.41) is 11.4. The standard InChI is InChI=1S/C18H13NO6S/c20-17(12-4-2-1-3-5-12)24-8-9-25-18(21)16-11-13-10-14(19(22)23)6-7-15(13)26-16/h1-7,10-11H,8-9H2. The fraction of sp³-hybridized carbons (Fsp3) is 0.111. The van der Waals surface area contributed by atoms with E-state index in [1.807, 2.05) is 0 Å². The van der Waals surface area contributed by atoms with Crippen LogP contribution in [0, 0.1) is 10.1 Å². The van der Waals surface area contributed by atoms with Crippen molar-refractivity contribution >= 4 is 39.0 Å². The average molecular weight is 371 g/mol. The van der Waals surface area contributed by atoms with Crippen LogP contribution in [0.3, 0.4) is 0 Å². The molecule has 0 bridgehead atoms. The lowest BCUT2D eigenvalue weighted by Crippen LogP contribution is -2.13. The number of nitro benzene ring substituents is 1. The van der Waals surface area contributed by atoms with Crippen LogP contribution in [-0.4, -0.2) is 30.1 Å². The van der Waals surface area contributed by atoms with Crippen LogP contribution in [0.25, 0.3) is 10.1 Å². The smallest absolute Gasteiger partial charge is 0.348 e. The molecule has 0 atom stereocenters. The third kappa shape index (κ3) is 4.04. The van der Waals surface area contributed by atoms with Crippen molar-refractivity contribution in [2.75, 3.05) is 13.2 Å². The minimum absolute atomic E-state index is 0.0389. The lowest BCUT2D eigenvalue weighted by Gasteiger charge is -2.05. The van der Waals surface area contributed by atoms with Gasteiger partial charge >= 0.3 is 11.9 Å². The van der Waals surface area contributed by atoms with Gasteiger partial charge in [-0.25, -0.2) is 9.59 Å². The van der Waals surface area contributed by atoms with Crippen LogP contribution in [0.2, 0.25) is 0 Å². The second-order valence-electron chi connectivity index (χ2n) is 5.23. The van der Waals surface area contributed by atoms with E-state index in [2.05, 4.69) is 0 Å². The average Bonchev–Trinajstić information content (AvgIpc) is 3.09. The number of benzene rings is 2. The van der Waals surface area contributed by atoms with Crippen LogP contribution < -0.4 is 0 Å². The van der Waals surface area contributed by atoms with Gasteiger partial charge in [-0.2, -0.15) is 0 Å². The lowest BCUT2D eigenvalue weighted by molar-refractivity contribution is -0.384. The third-order valence-electron chi connectivity index (χ3n) is 3.47. The van der Waals surface area contributed by atoms with Crippen LogP contribution in [-0.2, 0) is 9.47 Å². The Labute approximate surface area is 151 Å². The number of esters is 2. The van der Waals surface area contributed by atoms with Gasteiger partial charge in [0.1, 0.15) is 18.1 Å². The molecule has 132 valence electrons. The van der Waals surface area contributed by atoms with E-state index in [4.69, 9.17) is 9.47 Å². The van der Waals surface area contributed by atoms with E-state index in [1.165, 1.54) is 23.5 Å². The Bertz CT molecular complexity index is 966. The SMILES string of the molecule is O=C(OCCOC(=O)c1cc2cc([N+](=O)[O-])ccc2s1)c1ccccc1. The minimum Gasteiger partial charge on any atom is -0.458 e. The van der Waals surface area contributed by atoms with E-state index in [1.54, 1.807) is 42.5 Å². The van der Waals surface area contributed by atoms with Gasteiger partial charge in [-0.3, -0.25) is 10.1 Å². The molecule has 1 heterocycles. The Kier molecular flexibility index (Phi) is 5.23. The molecule has 0 fully saturated rings. The molecule has 3 aromatic rings. The number of non-ortho nitro benzene ring substituents is 1. The first-order valence-corrected chi connectivity index (χ1v) is 8.43. The first-order valence-electron chi connectivity index (χ1n) is 7.62. The lowest BCUT2D eigenvalue weighted by atomic mass is 10.2. The van der Waals surface area contributed by atoms with Gasteiger partial charge in [-0.15, -0.1) is 11.3 Å². The van der Waals surface area contributed by atoms with Crippen molar-refractivity contribution in [1.82, 2.24) is 0 Å². The third-order valence-corrected chi connectivity index (χ3v) is 4.57. The highest BCUT2D eigenvalue weighted by atomic mass is 32.1. The maximum atomic E-state index is 12.1. The fourth-order valence-electron chi connectivity index (χ4n) is 2.24. The quantitative estimate of drug-likeness (QED) is 0.283. The van der Waals surface area contributed by atoms with Gasteiger partial charge in [0.2, 0.25) is 0 Å². The van der Waals surface area contributed by atoms with Gasteiger partial charge in [0.15, 0.2) is 0 Å². The zero-order valence-electron chi connectivity index (χ0n) is 13.4. The number of ether oxygens (including phenoxy) is 2. The predicted molar refractivity (Wildman–Crippen MR) is 95.5 cm³/mol. The molecule has 0 saturated carbocycles. The molecule has 0 amide bonds. The molecule has 0 aliphatic heterocycles. The first kappa shape index (κ1) is 17.6. The van der Waals surface area contributed by atoms with Gasteiger partial charge < -0.3 is 9.47 Å². The number of rotatable bonds is 6. The molecule has 7 nitrogen and oxygen atoms in total. The summed E-state index contributed by atoms with van der Waals surface area (Å²) < 4.78 is 10.9. The molecule has 0 unspecified atom stereocenters. The molecular weight excluding hydrogens is 358 g/mol. The second-order valence-corrected chi connectivity index (χ2v) is 6.31. The van der Waals surface area contributed by atoms with Crippen LogP contribution in [0.5, 0.6) is 0 Å². The molecule has 0 radical (unpaired) electrons. The highest BCUT2D eigenvalue weighted by molar-refractivity contribution is 7.20. The van der Waals surface area contributed by atoms with Crippen molar-refractivity contribution in [3.05, 3.63) is 75.2 Å². The summed E-state index contributed by atoms with van der Waals surface area (Å²) >= 11 is 1.18. The van der Waals surface area contributed by atoms with Gasteiger partial charge in [0.05, 0.1) is 10.5 Å². The molecule has 0 aliphatic rings. The maximum Gasteiger partial charge on any atom is 0.348 e. The monoisotopic (exact) mass is 371 g/mol. The van der Waals surface area contributed by atoms with Gasteiger partial charge in [-0.05, 0) is 24.3 Å². The largest absolute Gasteiger partial charge is 0.458 e. The van der Waals surface area contributed by atoms with Gasteiger partial charge in [-0.1, -0.05) is 18.2 Å². The van der Waals surface area contributed by atoms with E-state index < -0.39 is 16.9 Å². The molecule has 0 spiro atoms. The molecule has 8 heteroatoms. The predicted octanol–water partition coefficient (Wildman–Crippen LogP) is 3.82. The van der Waals surface area contributed by atoms with Crippen LogP contribution in [0.15, 0.2) is 54.6 Å². The van der Waals surface area contributed by atoms with Crippen molar-refractivity contribution in [1.29, 1.82) is 0 Å². The summed E-state index contributed by atoms with van der Waals surface area (Å²) in [7, 11) is 0. The number of carbonyl (C=O) groups is 2. The second kappa shape index (κ2) is 7.75. The normalized spacial score (nSPS) is 10.5. The highest BCUT2D eigenvalue weighted by Gasteiger charge is 2.15. The number of hydrogen-bond acceptors (Lipinski definition) is 7. The molecule has 0 aliphatic carbocycles. The topological polar surface area (TPSA) is 95.7 Å². The highest BCUT2D eigenvalue weighted by Crippen LogP contribution is 2.29. The molecule has 26 heavy (non-hydrogen) atoms. The van der Waals surface area contributed by atoms with E-state index >= 15 is 0 Å². The Morgan fingerprint density at radius 2 is 1.65 bits per heavy atom. The molecule has 3 rings (SSSR count). The summed E-state index contributed by atoms with van der Waals surface area (Å²) in [6, 6.07) is 14.4. The number of thiophene rings is 1. The van der Waals surface area contributed by atoms with E-state index in [0.717, 1.165) is 4.70 Å². The molecule has 0 saturated heterocycles. The zero-order valence-corrected chi connectivity index (χ0v) is 14.2. The molecule has 1 aromatic heterocycles. The first-order chi connectivity index (χ1) is 12.5. The summed E-state index contributed by atoms with van der Waals surface area (Å²) in [5.41, 5.74) is 0.382. The number of nitrogens with zero attached hydrogens (tertiary/aromatic N) is 1. The number of fused-ring (bicyclic) bond motifs is 1. The summed E-state index contributed by atoms with van der Waals surface area (Å²) in [6.45, 7) is -0.137. The van der Waals surface area contributed by atoms with Crippen LogP contribution in [0.4, 0.5) is 5.69 Å². The summed E-state index contributed by atoms with van der Waals surface area (Å²) in [6.07, 6.45) is 0. The van der Waals surface area contributed by atoms with Crippen molar-refractivity contribution in [3.8, 4) is 0 Å². The maximum absolute atomic E-state index is 12.1. The molecular formula is C18H13NO6S. The van der Waals surface area contributed by atoms with Crippen LogP contribution >= 0.6 is 11.3 Å². The molecule has 2 aromatic carbocycles.